The number of nitro benzene ring substituents is 1. The van der Waals surface area contributed by atoms with E-state index < -0.39 is 10.8 Å². The third-order valence-corrected chi connectivity index (χ3v) is 6.72. The summed E-state index contributed by atoms with van der Waals surface area (Å²) in [6.45, 7) is 0. The minimum absolute atomic E-state index is 0.0480. The van der Waals surface area contributed by atoms with Crippen LogP contribution in [0.2, 0.25) is 0 Å². The number of hydrogen-bond donors (Lipinski definition) is 2. The number of halogens is 2. The van der Waals surface area contributed by atoms with Gasteiger partial charge in [0.25, 0.3) is 11.6 Å². The van der Waals surface area contributed by atoms with Crippen LogP contribution in [0.15, 0.2) is 69.6 Å². The Morgan fingerprint density at radius 2 is 1.88 bits per heavy atom. The van der Waals surface area contributed by atoms with Crippen molar-refractivity contribution in [2.45, 2.75) is 0 Å². The Kier molecular flexibility index (Phi) is 6.60. The number of fused-ring (bicyclic) bond motifs is 1. The van der Waals surface area contributed by atoms with Gasteiger partial charge in [0.15, 0.2) is 5.11 Å². The van der Waals surface area contributed by atoms with Crippen LogP contribution in [0.5, 0.6) is 0 Å². The second-order valence-electron chi connectivity index (χ2n) is 6.51. The van der Waals surface area contributed by atoms with Crippen molar-refractivity contribution >= 4 is 88.0 Å². The van der Waals surface area contributed by atoms with Gasteiger partial charge in [-0.05, 0) is 58.5 Å². The Bertz CT molecular complexity index is 1360. The highest BCUT2D eigenvalue weighted by molar-refractivity contribution is 9.11. The number of carbonyl (C=O) groups excluding carboxylic acids is 1. The first-order chi connectivity index (χ1) is 15.3. The lowest BCUT2D eigenvalue weighted by atomic mass is 10.2. The zero-order valence-corrected chi connectivity index (χ0v) is 20.8. The van der Waals surface area contributed by atoms with Crippen molar-refractivity contribution in [1.82, 2.24) is 10.3 Å². The molecular weight excluding hydrogens is 580 g/mol. The number of nitrogens with one attached hydrogen (secondary N) is 2. The number of carbonyl (C=O) groups is 1. The molecule has 4 rings (SSSR count). The number of para-hydroxylation sites is 1. The average molecular weight is 592 g/mol. The van der Waals surface area contributed by atoms with E-state index in [0.717, 1.165) is 25.3 Å². The van der Waals surface area contributed by atoms with Crippen LogP contribution in [0.1, 0.15) is 10.4 Å². The summed E-state index contributed by atoms with van der Waals surface area (Å²) in [5, 5.41) is 17.4. The molecule has 0 aliphatic heterocycles. The van der Waals surface area contributed by atoms with Crippen molar-refractivity contribution in [3.63, 3.8) is 0 Å². The molecule has 0 aliphatic rings. The monoisotopic (exact) mass is 590 g/mol. The average Bonchev–Trinajstić information content (AvgIpc) is 3.19. The molecule has 0 fully saturated rings. The number of nitro groups is 1. The van der Waals surface area contributed by atoms with Gasteiger partial charge < -0.3 is 5.32 Å². The second kappa shape index (κ2) is 9.41. The van der Waals surface area contributed by atoms with E-state index in [1.54, 1.807) is 0 Å². The maximum Gasteiger partial charge on any atom is 0.270 e. The van der Waals surface area contributed by atoms with Gasteiger partial charge in [0.1, 0.15) is 5.01 Å². The van der Waals surface area contributed by atoms with Crippen LogP contribution in [0.4, 0.5) is 11.4 Å². The van der Waals surface area contributed by atoms with Crippen LogP contribution in [0.25, 0.3) is 20.8 Å². The van der Waals surface area contributed by atoms with E-state index in [1.165, 1.54) is 35.6 Å². The summed E-state index contributed by atoms with van der Waals surface area (Å²) in [4.78, 5) is 27.7. The number of thiazole rings is 1. The van der Waals surface area contributed by atoms with E-state index in [-0.39, 0.29) is 16.4 Å². The Labute approximate surface area is 208 Å². The van der Waals surface area contributed by atoms with Crippen LogP contribution in [0, 0.1) is 10.1 Å². The zero-order valence-electron chi connectivity index (χ0n) is 16.0. The second-order valence-corrected chi connectivity index (χ2v) is 9.72. The summed E-state index contributed by atoms with van der Waals surface area (Å²) >= 11 is 13.9. The van der Waals surface area contributed by atoms with Crippen molar-refractivity contribution in [1.29, 1.82) is 0 Å². The van der Waals surface area contributed by atoms with Crippen molar-refractivity contribution in [2.75, 3.05) is 5.32 Å². The number of thiocarbonyl (C=S) groups is 1. The zero-order chi connectivity index (χ0) is 22.8. The Balaban J connectivity index is 1.61. The Morgan fingerprint density at radius 1 is 1.09 bits per heavy atom. The van der Waals surface area contributed by atoms with E-state index >= 15 is 0 Å². The SMILES string of the molecule is O=C(NC(=S)Nc1c(Br)cc(Br)cc1-c1nc2ccccc2s1)c1cccc([N+](=O)[O-])c1. The summed E-state index contributed by atoms with van der Waals surface area (Å²) in [7, 11) is 0. The number of benzene rings is 3. The van der Waals surface area contributed by atoms with E-state index in [4.69, 9.17) is 17.2 Å². The molecule has 0 radical (unpaired) electrons. The van der Waals surface area contributed by atoms with Crippen molar-refractivity contribution in [3.8, 4) is 10.6 Å². The van der Waals surface area contributed by atoms with E-state index in [0.29, 0.717) is 10.2 Å². The van der Waals surface area contributed by atoms with E-state index in [2.05, 4.69) is 42.5 Å². The van der Waals surface area contributed by atoms with Crippen molar-refractivity contribution < 1.29 is 9.72 Å². The normalized spacial score (nSPS) is 10.7. The minimum atomic E-state index is -0.559. The first-order valence-electron chi connectivity index (χ1n) is 9.03. The number of hydrogen-bond acceptors (Lipinski definition) is 6. The van der Waals surface area contributed by atoms with E-state index in [9.17, 15) is 14.9 Å². The van der Waals surface area contributed by atoms with Gasteiger partial charge in [-0.1, -0.05) is 34.1 Å². The predicted molar refractivity (Wildman–Crippen MR) is 137 cm³/mol. The van der Waals surface area contributed by atoms with Gasteiger partial charge >= 0.3 is 0 Å². The summed E-state index contributed by atoms with van der Waals surface area (Å²) in [5.74, 6) is -0.555. The van der Waals surface area contributed by atoms with E-state index in [1.807, 2.05) is 36.4 Å². The lowest BCUT2D eigenvalue weighted by Crippen LogP contribution is -2.34. The maximum atomic E-state index is 12.5. The lowest BCUT2D eigenvalue weighted by Gasteiger charge is -2.15. The molecule has 11 heteroatoms. The molecule has 4 aromatic rings. The first kappa shape index (κ1) is 22.5. The van der Waals surface area contributed by atoms with Gasteiger partial charge in [-0.25, -0.2) is 4.98 Å². The summed E-state index contributed by atoms with van der Waals surface area (Å²) in [6.07, 6.45) is 0. The number of nitrogens with zero attached hydrogens (tertiary/aromatic N) is 2. The van der Waals surface area contributed by atoms with Gasteiger partial charge in [0, 0.05) is 32.2 Å². The van der Waals surface area contributed by atoms with Crippen LogP contribution < -0.4 is 10.6 Å². The van der Waals surface area contributed by atoms with Crippen LogP contribution in [-0.2, 0) is 0 Å². The number of aromatic nitrogens is 1. The smallest absolute Gasteiger partial charge is 0.270 e. The lowest BCUT2D eigenvalue weighted by molar-refractivity contribution is -0.384. The van der Waals surface area contributed by atoms with Crippen LogP contribution >= 0.6 is 55.4 Å². The van der Waals surface area contributed by atoms with Gasteiger partial charge in [0.05, 0.1) is 20.8 Å². The fourth-order valence-corrected chi connectivity index (χ4v) is 5.44. The summed E-state index contributed by atoms with van der Waals surface area (Å²) in [5.41, 5.74) is 2.27. The number of amides is 1. The standard InChI is InChI=1S/C21H12Br2N4O3S2/c22-12-9-14(20-24-16-6-1-2-7-17(16)32-20)18(15(23)10-12)25-21(31)26-19(28)11-4-3-5-13(8-11)27(29)30/h1-10H,(H2,25,26,28,31). The maximum absolute atomic E-state index is 12.5. The van der Waals surface area contributed by atoms with Crippen LogP contribution in [0.3, 0.4) is 0 Å². The highest BCUT2D eigenvalue weighted by Gasteiger charge is 2.18. The van der Waals surface area contributed by atoms with Crippen molar-refractivity contribution in [2.24, 2.45) is 0 Å². The largest absolute Gasteiger partial charge is 0.331 e. The Morgan fingerprint density at radius 3 is 2.62 bits per heavy atom. The molecule has 32 heavy (non-hydrogen) atoms. The molecule has 160 valence electrons. The van der Waals surface area contributed by atoms with Gasteiger partial charge in [-0.3, -0.25) is 20.2 Å². The molecule has 2 N–H and O–H groups in total. The topological polar surface area (TPSA) is 97.2 Å². The molecule has 0 bridgehead atoms. The molecule has 0 spiro atoms. The fraction of sp³-hybridized carbons (Fsp3) is 0. The third kappa shape index (κ3) is 4.85. The molecule has 1 heterocycles. The van der Waals surface area contributed by atoms with Gasteiger partial charge in [-0.2, -0.15) is 0 Å². The molecule has 1 aromatic heterocycles. The molecule has 3 aromatic carbocycles. The van der Waals surface area contributed by atoms with Gasteiger partial charge in [0.2, 0.25) is 0 Å². The quantitative estimate of drug-likeness (QED) is 0.159. The predicted octanol–water partition coefficient (Wildman–Crippen LogP) is 6.52. The number of anilines is 1. The third-order valence-electron chi connectivity index (χ3n) is 4.36. The first-order valence-corrected chi connectivity index (χ1v) is 11.8. The highest BCUT2D eigenvalue weighted by atomic mass is 79.9. The molecule has 0 saturated heterocycles. The molecule has 0 aliphatic carbocycles. The van der Waals surface area contributed by atoms with Crippen LogP contribution in [-0.4, -0.2) is 20.9 Å². The molecular formula is C21H12Br2N4O3S2. The number of rotatable bonds is 4. The summed E-state index contributed by atoms with van der Waals surface area (Å²) in [6, 6.07) is 17.0. The summed E-state index contributed by atoms with van der Waals surface area (Å²) < 4.78 is 2.61. The van der Waals surface area contributed by atoms with Crippen molar-refractivity contribution in [3.05, 3.63) is 85.3 Å². The van der Waals surface area contributed by atoms with Gasteiger partial charge in [-0.15, -0.1) is 11.3 Å². The molecule has 0 atom stereocenters. The molecule has 7 nitrogen and oxygen atoms in total. The number of non-ortho nitro benzene ring substituents is 1. The highest BCUT2D eigenvalue weighted by Crippen LogP contribution is 2.40. The molecule has 0 saturated carbocycles. The molecule has 0 unspecified atom stereocenters. The Hall–Kier alpha value is -2.73. The molecule has 1 amide bonds. The fourth-order valence-electron chi connectivity index (χ4n) is 2.94. The minimum Gasteiger partial charge on any atom is -0.331 e.